The maximum Gasteiger partial charge on any atom is 0.327 e. The Morgan fingerprint density at radius 3 is 2.50 bits per heavy atom. The van der Waals surface area contributed by atoms with E-state index in [1.54, 1.807) is 0 Å². The molecule has 104 valence electrons. The first kappa shape index (κ1) is 13.8. The van der Waals surface area contributed by atoms with Gasteiger partial charge in [0.15, 0.2) is 0 Å². The molecule has 4 nitrogen and oxygen atoms in total. The van der Waals surface area contributed by atoms with E-state index in [2.05, 4.69) is 24.2 Å². The maximum atomic E-state index is 12.3. The van der Waals surface area contributed by atoms with Gasteiger partial charge in [0.25, 0.3) is 0 Å². The van der Waals surface area contributed by atoms with E-state index in [0.29, 0.717) is 12.0 Å². The number of rotatable bonds is 8. The molecule has 0 amide bonds. The summed E-state index contributed by atoms with van der Waals surface area (Å²) in [6.07, 6.45) is 5.87. The van der Waals surface area contributed by atoms with Crippen molar-refractivity contribution in [2.45, 2.75) is 50.6 Å². The minimum atomic E-state index is -0.470. The Hall–Kier alpha value is -0.610. The largest absolute Gasteiger partial charge is 0.468 e. The van der Waals surface area contributed by atoms with Gasteiger partial charge < -0.3 is 15.0 Å². The van der Waals surface area contributed by atoms with E-state index in [0.717, 1.165) is 32.4 Å². The summed E-state index contributed by atoms with van der Waals surface area (Å²) >= 11 is 0. The van der Waals surface area contributed by atoms with Crippen LogP contribution in [0.5, 0.6) is 0 Å². The van der Waals surface area contributed by atoms with Crippen LogP contribution in [0.15, 0.2) is 0 Å². The van der Waals surface area contributed by atoms with Gasteiger partial charge in [0.2, 0.25) is 0 Å². The molecule has 2 aliphatic carbocycles. The van der Waals surface area contributed by atoms with E-state index < -0.39 is 5.54 Å². The molecule has 0 aliphatic heterocycles. The molecule has 0 saturated heterocycles. The molecule has 0 bridgehead atoms. The van der Waals surface area contributed by atoms with E-state index in [9.17, 15) is 4.79 Å². The van der Waals surface area contributed by atoms with Gasteiger partial charge in [0.05, 0.1) is 7.11 Å². The molecule has 0 spiro atoms. The summed E-state index contributed by atoms with van der Waals surface area (Å²) in [5.41, 5.74) is -0.470. The van der Waals surface area contributed by atoms with Crippen LogP contribution in [-0.2, 0) is 9.53 Å². The van der Waals surface area contributed by atoms with Crippen molar-refractivity contribution in [1.29, 1.82) is 0 Å². The molecule has 0 heterocycles. The van der Waals surface area contributed by atoms with Crippen LogP contribution in [0.1, 0.15) is 39.0 Å². The van der Waals surface area contributed by atoms with Crippen molar-refractivity contribution in [2.24, 2.45) is 5.92 Å². The van der Waals surface area contributed by atoms with Gasteiger partial charge in [-0.3, -0.25) is 0 Å². The lowest BCUT2D eigenvalue weighted by molar-refractivity contribution is -0.150. The van der Waals surface area contributed by atoms with Crippen LogP contribution >= 0.6 is 0 Å². The zero-order chi connectivity index (χ0) is 13.2. The zero-order valence-electron chi connectivity index (χ0n) is 11.9. The second-order valence-corrected chi connectivity index (χ2v) is 5.81. The predicted molar refractivity (Wildman–Crippen MR) is 71.4 cm³/mol. The van der Waals surface area contributed by atoms with Crippen molar-refractivity contribution in [3.05, 3.63) is 0 Å². The monoisotopic (exact) mass is 254 g/mol. The third-order valence-corrected chi connectivity index (χ3v) is 4.18. The SMILES string of the molecule is CCCNC(CN(C)C1CC1)(C(=O)OC)C1CC1. The fourth-order valence-electron chi connectivity index (χ4n) is 2.78. The molecule has 0 aromatic rings. The molecule has 1 atom stereocenters. The van der Waals surface area contributed by atoms with Gasteiger partial charge in [-0.05, 0) is 51.6 Å². The Morgan fingerprint density at radius 1 is 1.39 bits per heavy atom. The van der Waals surface area contributed by atoms with E-state index >= 15 is 0 Å². The first-order chi connectivity index (χ1) is 8.64. The Kier molecular flexibility index (Phi) is 4.28. The van der Waals surface area contributed by atoms with Crippen LogP contribution in [0.3, 0.4) is 0 Å². The quantitative estimate of drug-likeness (QED) is 0.665. The van der Waals surface area contributed by atoms with Gasteiger partial charge in [-0.15, -0.1) is 0 Å². The van der Waals surface area contributed by atoms with Crippen molar-refractivity contribution < 1.29 is 9.53 Å². The highest BCUT2D eigenvalue weighted by atomic mass is 16.5. The van der Waals surface area contributed by atoms with Crippen LogP contribution < -0.4 is 5.32 Å². The smallest absolute Gasteiger partial charge is 0.327 e. The fraction of sp³-hybridized carbons (Fsp3) is 0.929. The van der Waals surface area contributed by atoms with Crippen molar-refractivity contribution in [2.75, 3.05) is 27.2 Å². The van der Waals surface area contributed by atoms with Crippen LogP contribution in [-0.4, -0.2) is 49.7 Å². The van der Waals surface area contributed by atoms with Crippen molar-refractivity contribution in [1.82, 2.24) is 10.2 Å². The number of nitrogens with zero attached hydrogens (tertiary/aromatic N) is 1. The molecule has 4 heteroatoms. The summed E-state index contributed by atoms with van der Waals surface area (Å²) in [6, 6.07) is 0.677. The van der Waals surface area contributed by atoms with Crippen LogP contribution in [0.25, 0.3) is 0 Å². The van der Waals surface area contributed by atoms with E-state index in [1.165, 1.54) is 20.0 Å². The number of nitrogens with one attached hydrogen (secondary N) is 1. The molecule has 2 saturated carbocycles. The summed E-state index contributed by atoms with van der Waals surface area (Å²) in [7, 11) is 3.63. The highest BCUT2D eigenvalue weighted by molar-refractivity contribution is 5.82. The van der Waals surface area contributed by atoms with Gasteiger partial charge in [0.1, 0.15) is 5.54 Å². The third kappa shape index (κ3) is 2.86. The molecule has 0 aromatic carbocycles. The lowest BCUT2D eigenvalue weighted by atomic mass is 9.92. The Balaban J connectivity index is 2.09. The van der Waals surface area contributed by atoms with E-state index in [1.807, 2.05) is 0 Å². The molecular formula is C14H26N2O2. The van der Waals surface area contributed by atoms with Gasteiger partial charge in [-0.1, -0.05) is 6.92 Å². The third-order valence-electron chi connectivity index (χ3n) is 4.18. The average Bonchev–Trinajstić information content (AvgIpc) is 3.21. The molecule has 0 aromatic heterocycles. The second-order valence-electron chi connectivity index (χ2n) is 5.81. The summed E-state index contributed by atoms with van der Waals surface area (Å²) in [4.78, 5) is 14.6. The number of likely N-dealkylation sites (N-methyl/N-ethyl adjacent to an activating group) is 1. The molecule has 2 aliphatic rings. The Morgan fingerprint density at radius 2 is 2.06 bits per heavy atom. The molecule has 1 unspecified atom stereocenters. The summed E-state index contributed by atoms with van der Waals surface area (Å²) in [5, 5.41) is 3.49. The van der Waals surface area contributed by atoms with Crippen molar-refractivity contribution in [3.63, 3.8) is 0 Å². The topological polar surface area (TPSA) is 41.6 Å². The van der Waals surface area contributed by atoms with Gasteiger partial charge >= 0.3 is 5.97 Å². The molecular weight excluding hydrogens is 228 g/mol. The van der Waals surface area contributed by atoms with Gasteiger partial charge in [-0.2, -0.15) is 0 Å². The van der Waals surface area contributed by atoms with Crippen LogP contribution in [0.2, 0.25) is 0 Å². The fourth-order valence-corrected chi connectivity index (χ4v) is 2.78. The molecule has 18 heavy (non-hydrogen) atoms. The van der Waals surface area contributed by atoms with Crippen LogP contribution in [0.4, 0.5) is 0 Å². The minimum absolute atomic E-state index is 0.0778. The number of methoxy groups -OCH3 is 1. The Bertz CT molecular complexity index is 300. The zero-order valence-corrected chi connectivity index (χ0v) is 11.9. The number of carbonyl (C=O) groups is 1. The normalized spacial score (nSPS) is 22.9. The molecule has 2 rings (SSSR count). The van der Waals surface area contributed by atoms with Crippen molar-refractivity contribution in [3.8, 4) is 0 Å². The van der Waals surface area contributed by atoms with Crippen LogP contribution in [0, 0.1) is 5.92 Å². The lowest BCUT2D eigenvalue weighted by Crippen LogP contribution is -2.61. The highest BCUT2D eigenvalue weighted by Crippen LogP contribution is 2.42. The first-order valence-electron chi connectivity index (χ1n) is 7.17. The standard InChI is InChI=1S/C14H26N2O2/c1-4-9-15-14(11-5-6-11,13(17)18-3)10-16(2)12-7-8-12/h11-12,15H,4-10H2,1-3H3. The lowest BCUT2D eigenvalue weighted by Gasteiger charge is -2.36. The van der Waals surface area contributed by atoms with Crippen molar-refractivity contribution >= 4 is 5.97 Å². The number of ether oxygens (including phenoxy) is 1. The molecule has 2 fully saturated rings. The number of carbonyl (C=O) groups excluding carboxylic acids is 1. The number of hydrogen-bond donors (Lipinski definition) is 1. The maximum absolute atomic E-state index is 12.3. The predicted octanol–water partition coefficient (Wildman–Crippen LogP) is 1.40. The highest BCUT2D eigenvalue weighted by Gasteiger charge is 2.52. The second kappa shape index (κ2) is 5.57. The number of esters is 1. The van der Waals surface area contributed by atoms with E-state index in [4.69, 9.17) is 4.74 Å². The molecule has 0 radical (unpaired) electrons. The Labute approximate surface area is 110 Å². The summed E-state index contributed by atoms with van der Waals surface area (Å²) in [5.74, 6) is 0.378. The molecule has 1 N–H and O–H groups in total. The minimum Gasteiger partial charge on any atom is -0.468 e. The first-order valence-corrected chi connectivity index (χ1v) is 7.17. The van der Waals surface area contributed by atoms with Gasteiger partial charge in [0, 0.05) is 12.6 Å². The summed E-state index contributed by atoms with van der Waals surface area (Å²) < 4.78 is 5.09. The summed E-state index contributed by atoms with van der Waals surface area (Å²) in [6.45, 7) is 3.80. The average molecular weight is 254 g/mol. The van der Waals surface area contributed by atoms with Gasteiger partial charge in [-0.25, -0.2) is 4.79 Å². The number of hydrogen-bond acceptors (Lipinski definition) is 4. The van der Waals surface area contributed by atoms with E-state index in [-0.39, 0.29) is 5.97 Å².